The van der Waals surface area contributed by atoms with E-state index in [0.717, 1.165) is 16.8 Å². The van der Waals surface area contributed by atoms with Crippen molar-refractivity contribution in [3.63, 3.8) is 0 Å². The monoisotopic (exact) mass is 507 g/mol. The van der Waals surface area contributed by atoms with Crippen LogP contribution in [-0.2, 0) is 20.9 Å². The van der Waals surface area contributed by atoms with Gasteiger partial charge in [-0.3, -0.25) is 4.79 Å². The summed E-state index contributed by atoms with van der Waals surface area (Å²) in [4.78, 5) is 34.6. The molecule has 0 saturated heterocycles. The first-order valence-corrected chi connectivity index (χ1v) is 12.4. The van der Waals surface area contributed by atoms with Crippen molar-refractivity contribution in [3.05, 3.63) is 106 Å². The van der Waals surface area contributed by atoms with Crippen LogP contribution in [0.15, 0.2) is 94.6 Å². The van der Waals surface area contributed by atoms with Gasteiger partial charge in [-0.1, -0.05) is 78.5 Å². The predicted octanol–water partition coefficient (Wildman–Crippen LogP) is 5.69. The fourth-order valence-corrected chi connectivity index (χ4v) is 5.23. The van der Waals surface area contributed by atoms with E-state index in [0.29, 0.717) is 28.0 Å². The molecule has 0 aromatic heterocycles. The minimum absolute atomic E-state index is 0.0335. The van der Waals surface area contributed by atoms with Crippen LogP contribution in [0.3, 0.4) is 0 Å². The molecule has 0 radical (unpaired) electrons. The van der Waals surface area contributed by atoms with E-state index >= 15 is 0 Å². The average Bonchev–Trinajstić information content (AvgIpc) is 3.24. The second-order valence-corrected chi connectivity index (χ2v) is 9.52. The number of benzene rings is 2. The summed E-state index contributed by atoms with van der Waals surface area (Å²) in [6.07, 6.45) is 1.69. The highest BCUT2D eigenvalue weighted by molar-refractivity contribution is 8.16. The van der Waals surface area contributed by atoms with Gasteiger partial charge in [0.25, 0.3) is 0 Å². The van der Waals surface area contributed by atoms with Gasteiger partial charge in [0.15, 0.2) is 5.17 Å². The number of amides is 1. The number of hydrogen-bond acceptors (Lipinski definition) is 6. The quantitative estimate of drug-likeness (QED) is 0.339. The van der Waals surface area contributed by atoms with Crippen molar-refractivity contribution in [2.75, 3.05) is 13.7 Å². The Balaban J connectivity index is 1.64. The molecule has 180 valence electrons. The van der Waals surface area contributed by atoms with E-state index in [4.69, 9.17) is 16.3 Å². The van der Waals surface area contributed by atoms with Crippen LogP contribution in [0.4, 0.5) is 0 Å². The van der Waals surface area contributed by atoms with Crippen LogP contribution >= 0.6 is 23.4 Å². The Bertz CT molecular complexity index is 1240. The van der Waals surface area contributed by atoms with Crippen molar-refractivity contribution in [2.24, 2.45) is 4.99 Å². The molecular formula is C27H26ClN3O3S. The second-order valence-electron chi connectivity index (χ2n) is 8.25. The van der Waals surface area contributed by atoms with Crippen LogP contribution in [-0.4, -0.2) is 40.5 Å². The molecule has 0 saturated carbocycles. The van der Waals surface area contributed by atoms with E-state index in [1.165, 1.54) is 17.8 Å². The summed E-state index contributed by atoms with van der Waals surface area (Å²) in [7, 11) is 1.79. The molecule has 0 N–H and O–H groups in total. The predicted molar refractivity (Wildman–Crippen MR) is 141 cm³/mol. The second kappa shape index (κ2) is 11.0. The molecule has 8 heteroatoms. The largest absolute Gasteiger partial charge is 0.458 e. The standard InChI is InChI=1S/C27H26ClN3O3S/c1-4-13-34-26(33)24-18(2)29-27-31(25(24)20-11-8-12-21(28)14-20)22(17-35-27)15-23(32)30(3)16-19-9-6-5-7-10-19/h4-12,14,17,25H,1,13,15-16H2,2-3H3. The molecule has 0 aliphatic carbocycles. The molecule has 1 amide bonds. The van der Waals surface area contributed by atoms with E-state index < -0.39 is 12.0 Å². The lowest BCUT2D eigenvalue weighted by Crippen LogP contribution is -2.38. The van der Waals surface area contributed by atoms with Crippen LogP contribution in [0.25, 0.3) is 0 Å². The van der Waals surface area contributed by atoms with Crippen LogP contribution in [0.1, 0.15) is 30.5 Å². The van der Waals surface area contributed by atoms with Gasteiger partial charge in [0.1, 0.15) is 6.61 Å². The molecule has 1 atom stereocenters. The molecular weight excluding hydrogens is 482 g/mol. The molecule has 6 nitrogen and oxygen atoms in total. The summed E-state index contributed by atoms with van der Waals surface area (Å²) >= 11 is 7.76. The van der Waals surface area contributed by atoms with Crippen molar-refractivity contribution in [2.45, 2.75) is 25.9 Å². The number of rotatable bonds is 8. The molecule has 35 heavy (non-hydrogen) atoms. The Labute approximate surface area is 214 Å². The third-order valence-corrected chi connectivity index (χ3v) is 6.86. The van der Waals surface area contributed by atoms with Crippen LogP contribution in [0, 0.1) is 0 Å². The number of allylic oxidation sites excluding steroid dienone is 1. The summed E-state index contributed by atoms with van der Waals surface area (Å²) in [5, 5.41) is 3.19. The third kappa shape index (κ3) is 5.52. The van der Waals surface area contributed by atoms with E-state index in [1.54, 1.807) is 24.9 Å². The maximum atomic E-state index is 13.2. The fraction of sp³-hybridized carbons (Fsp3) is 0.222. The van der Waals surface area contributed by atoms with Gasteiger partial charge in [-0.25, -0.2) is 9.79 Å². The smallest absolute Gasteiger partial charge is 0.338 e. The van der Waals surface area contributed by atoms with Crippen molar-refractivity contribution in [1.29, 1.82) is 0 Å². The third-order valence-electron chi connectivity index (χ3n) is 5.74. The van der Waals surface area contributed by atoms with Gasteiger partial charge in [0, 0.05) is 24.3 Å². The number of thioether (sulfide) groups is 1. The summed E-state index contributed by atoms with van der Waals surface area (Å²) in [5.74, 6) is -0.507. The summed E-state index contributed by atoms with van der Waals surface area (Å²) in [6, 6.07) is 16.7. The first kappa shape index (κ1) is 24.8. The minimum Gasteiger partial charge on any atom is -0.458 e. The Morgan fingerprint density at radius 3 is 2.71 bits per heavy atom. The van der Waals surface area contributed by atoms with E-state index in [9.17, 15) is 9.59 Å². The van der Waals surface area contributed by atoms with E-state index in [1.807, 2.05) is 58.8 Å². The number of aliphatic imine (C=N–C) groups is 1. The van der Waals surface area contributed by atoms with Crippen molar-refractivity contribution < 1.29 is 14.3 Å². The molecule has 2 aromatic carbocycles. The molecule has 4 rings (SSSR count). The lowest BCUT2D eigenvalue weighted by atomic mass is 9.94. The topological polar surface area (TPSA) is 62.2 Å². The Hall–Kier alpha value is -3.29. The number of nitrogens with zero attached hydrogens (tertiary/aromatic N) is 3. The fourth-order valence-electron chi connectivity index (χ4n) is 4.07. The zero-order valence-electron chi connectivity index (χ0n) is 19.6. The SMILES string of the molecule is C=CCOC(=O)C1=C(C)N=C2SC=C(CC(=O)N(C)Cc3ccccc3)N2C1c1cccc(Cl)c1. The summed E-state index contributed by atoms with van der Waals surface area (Å²) in [5.41, 5.74) is 3.63. The highest BCUT2D eigenvalue weighted by Crippen LogP contribution is 2.45. The zero-order chi connectivity index (χ0) is 24.9. The van der Waals surface area contributed by atoms with Gasteiger partial charge in [0.2, 0.25) is 5.91 Å². The highest BCUT2D eigenvalue weighted by Gasteiger charge is 2.41. The van der Waals surface area contributed by atoms with Crippen LogP contribution in [0.5, 0.6) is 0 Å². The van der Waals surface area contributed by atoms with Gasteiger partial charge in [-0.2, -0.15) is 0 Å². The molecule has 2 heterocycles. The van der Waals surface area contributed by atoms with Gasteiger partial charge >= 0.3 is 5.97 Å². The highest BCUT2D eigenvalue weighted by atomic mass is 35.5. The number of ether oxygens (including phenoxy) is 1. The summed E-state index contributed by atoms with van der Waals surface area (Å²) < 4.78 is 5.41. The number of carbonyl (C=O) groups is 2. The Morgan fingerprint density at radius 2 is 2.00 bits per heavy atom. The average molecular weight is 508 g/mol. The van der Waals surface area contributed by atoms with Crippen molar-refractivity contribution in [3.8, 4) is 0 Å². The molecule has 2 aliphatic rings. The van der Waals surface area contributed by atoms with E-state index in [2.05, 4.69) is 11.6 Å². The first-order chi connectivity index (χ1) is 16.9. The van der Waals surface area contributed by atoms with Crippen LogP contribution in [0.2, 0.25) is 5.02 Å². The Kier molecular flexibility index (Phi) is 7.78. The lowest BCUT2D eigenvalue weighted by molar-refractivity contribution is -0.138. The molecule has 0 bridgehead atoms. The summed E-state index contributed by atoms with van der Waals surface area (Å²) in [6.45, 7) is 6.02. The number of hydrogen-bond donors (Lipinski definition) is 0. The number of halogens is 1. The maximum Gasteiger partial charge on any atom is 0.338 e. The van der Waals surface area contributed by atoms with Crippen molar-refractivity contribution in [1.82, 2.24) is 9.80 Å². The van der Waals surface area contributed by atoms with E-state index in [-0.39, 0.29) is 18.9 Å². The van der Waals surface area contributed by atoms with Gasteiger partial charge in [-0.05, 0) is 35.6 Å². The van der Waals surface area contributed by atoms with Crippen molar-refractivity contribution >= 4 is 40.4 Å². The maximum absolute atomic E-state index is 13.2. The number of amidine groups is 1. The molecule has 2 aromatic rings. The molecule has 2 aliphatic heterocycles. The first-order valence-electron chi connectivity index (χ1n) is 11.1. The van der Waals surface area contributed by atoms with Crippen LogP contribution < -0.4 is 0 Å². The number of carbonyl (C=O) groups excluding carboxylic acids is 2. The van der Waals surface area contributed by atoms with Gasteiger partial charge in [-0.15, -0.1) is 0 Å². The Morgan fingerprint density at radius 1 is 1.23 bits per heavy atom. The molecule has 0 spiro atoms. The minimum atomic E-state index is -0.521. The van der Waals surface area contributed by atoms with Gasteiger partial charge < -0.3 is 14.5 Å². The normalized spacial score (nSPS) is 16.9. The number of esters is 1. The molecule has 1 unspecified atom stereocenters. The number of fused-ring (bicyclic) bond motifs is 1. The van der Waals surface area contributed by atoms with Gasteiger partial charge in [0.05, 0.1) is 23.7 Å². The zero-order valence-corrected chi connectivity index (χ0v) is 21.2. The lowest BCUT2D eigenvalue weighted by Gasteiger charge is -2.36. The molecule has 0 fully saturated rings.